The minimum Gasteiger partial charge on any atom is -0.462 e. The zero-order chi connectivity index (χ0) is 11.5. The molecule has 3 heteroatoms. The summed E-state index contributed by atoms with van der Waals surface area (Å²) in [5.41, 5.74) is 0.160. The summed E-state index contributed by atoms with van der Waals surface area (Å²) in [4.78, 5) is 11.4. The molecule has 0 radical (unpaired) electrons. The van der Waals surface area contributed by atoms with E-state index in [0.717, 1.165) is 6.42 Å². The van der Waals surface area contributed by atoms with Gasteiger partial charge >= 0.3 is 5.97 Å². The van der Waals surface area contributed by atoms with Crippen molar-refractivity contribution in [2.75, 3.05) is 6.61 Å². The summed E-state index contributed by atoms with van der Waals surface area (Å²) in [7, 11) is 0. The van der Waals surface area contributed by atoms with E-state index < -0.39 is 5.97 Å². The Kier molecular flexibility index (Phi) is 3.09. The van der Waals surface area contributed by atoms with Gasteiger partial charge in [-0.2, -0.15) is 5.26 Å². The van der Waals surface area contributed by atoms with Crippen LogP contribution in [0.25, 0.3) is 0 Å². The van der Waals surface area contributed by atoms with Crippen LogP contribution < -0.4 is 0 Å². The van der Waals surface area contributed by atoms with E-state index in [1.165, 1.54) is 6.42 Å². The number of rotatable bonds is 3. The maximum absolute atomic E-state index is 11.4. The molecule has 84 valence electrons. The molecule has 16 heavy (non-hydrogen) atoms. The molecular weight excluding hydrogens is 202 g/mol. The van der Waals surface area contributed by atoms with Crippen LogP contribution in [0, 0.1) is 29.1 Å². The fourth-order valence-corrected chi connectivity index (χ4v) is 2.59. The topological polar surface area (TPSA) is 50.1 Å². The van der Waals surface area contributed by atoms with E-state index in [4.69, 9.17) is 10.00 Å². The molecule has 0 aromatic carbocycles. The van der Waals surface area contributed by atoms with Crippen LogP contribution in [0.4, 0.5) is 0 Å². The Hall–Kier alpha value is -1.56. The van der Waals surface area contributed by atoms with E-state index in [1.807, 2.05) is 6.07 Å². The minimum absolute atomic E-state index is 0.160. The first-order valence-corrected chi connectivity index (χ1v) is 5.72. The van der Waals surface area contributed by atoms with Crippen molar-refractivity contribution in [2.24, 2.45) is 17.8 Å². The monoisotopic (exact) mass is 217 g/mol. The molecule has 3 nitrogen and oxygen atoms in total. The van der Waals surface area contributed by atoms with E-state index in [1.54, 1.807) is 13.0 Å². The predicted molar refractivity (Wildman–Crippen MR) is 59.2 cm³/mol. The lowest BCUT2D eigenvalue weighted by Crippen LogP contribution is -2.10. The van der Waals surface area contributed by atoms with Crippen LogP contribution in [-0.2, 0) is 9.53 Å². The summed E-state index contributed by atoms with van der Waals surface area (Å²) in [6, 6.07) is 1.94. The molecule has 0 saturated heterocycles. The average Bonchev–Trinajstić information content (AvgIpc) is 2.87. The van der Waals surface area contributed by atoms with Gasteiger partial charge in [-0.1, -0.05) is 18.2 Å². The van der Waals surface area contributed by atoms with Crippen molar-refractivity contribution in [2.45, 2.75) is 19.8 Å². The summed E-state index contributed by atoms with van der Waals surface area (Å²) >= 11 is 0. The Morgan fingerprint density at radius 1 is 1.56 bits per heavy atom. The maximum Gasteiger partial charge on any atom is 0.348 e. The lowest BCUT2D eigenvalue weighted by atomic mass is 9.92. The number of ether oxygens (including phenoxy) is 1. The van der Waals surface area contributed by atoms with Crippen molar-refractivity contribution in [1.82, 2.24) is 0 Å². The van der Waals surface area contributed by atoms with Crippen molar-refractivity contribution in [3.63, 3.8) is 0 Å². The first kappa shape index (κ1) is 10.9. The Labute approximate surface area is 95.4 Å². The fraction of sp³-hybridized carbons (Fsp3) is 0.538. The number of esters is 1. The zero-order valence-corrected chi connectivity index (χ0v) is 9.35. The molecule has 0 amide bonds. The van der Waals surface area contributed by atoms with Gasteiger partial charge in [0.2, 0.25) is 0 Å². The van der Waals surface area contributed by atoms with Crippen molar-refractivity contribution in [1.29, 1.82) is 5.26 Å². The molecule has 2 aliphatic rings. The largest absolute Gasteiger partial charge is 0.462 e. The number of hydrogen-bond donors (Lipinski definition) is 0. The molecule has 0 N–H and O–H groups in total. The first-order valence-electron chi connectivity index (χ1n) is 5.72. The molecule has 0 heterocycles. The van der Waals surface area contributed by atoms with Gasteiger partial charge in [0.05, 0.1) is 6.61 Å². The van der Waals surface area contributed by atoms with Gasteiger partial charge in [-0.15, -0.1) is 0 Å². The number of allylic oxidation sites excluding steroid dienone is 3. The third-order valence-corrected chi connectivity index (χ3v) is 3.33. The number of nitrogens with zero attached hydrogens (tertiary/aromatic N) is 1. The first-order chi connectivity index (χ1) is 7.74. The van der Waals surface area contributed by atoms with Gasteiger partial charge < -0.3 is 4.74 Å². The highest BCUT2D eigenvalue weighted by Gasteiger charge is 2.35. The summed E-state index contributed by atoms with van der Waals surface area (Å²) in [5.74, 6) is 1.02. The SMILES string of the molecule is CCOC(=O)/C(C#N)=C/C1CC2C=CC1C2. The molecule has 0 aromatic rings. The number of carbonyl (C=O) groups excluding carboxylic acids is 1. The highest BCUT2D eigenvalue weighted by atomic mass is 16.5. The zero-order valence-electron chi connectivity index (χ0n) is 9.35. The molecule has 3 atom stereocenters. The van der Waals surface area contributed by atoms with Crippen LogP contribution in [0.15, 0.2) is 23.8 Å². The summed E-state index contributed by atoms with van der Waals surface area (Å²) in [5, 5.41) is 8.92. The quantitative estimate of drug-likeness (QED) is 0.315. The second kappa shape index (κ2) is 4.52. The van der Waals surface area contributed by atoms with Crippen molar-refractivity contribution >= 4 is 5.97 Å². The van der Waals surface area contributed by atoms with Gasteiger partial charge in [0.25, 0.3) is 0 Å². The molecule has 0 aromatic heterocycles. The second-order valence-corrected chi connectivity index (χ2v) is 4.36. The number of hydrogen-bond acceptors (Lipinski definition) is 3. The lowest BCUT2D eigenvalue weighted by molar-refractivity contribution is -0.138. The normalized spacial score (nSPS) is 31.5. The highest BCUT2D eigenvalue weighted by molar-refractivity contribution is 5.92. The van der Waals surface area contributed by atoms with Gasteiger partial charge in [-0.25, -0.2) is 4.79 Å². The van der Waals surface area contributed by atoms with E-state index in [2.05, 4.69) is 12.2 Å². The van der Waals surface area contributed by atoms with Crippen LogP contribution in [0.5, 0.6) is 0 Å². The average molecular weight is 217 g/mol. The van der Waals surface area contributed by atoms with E-state index >= 15 is 0 Å². The molecule has 2 bridgehead atoms. The van der Waals surface area contributed by atoms with Gasteiger partial charge in [0.15, 0.2) is 0 Å². The summed E-state index contributed by atoms with van der Waals surface area (Å²) < 4.78 is 4.84. The van der Waals surface area contributed by atoms with Crippen LogP contribution in [0.3, 0.4) is 0 Å². The van der Waals surface area contributed by atoms with E-state index in [9.17, 15) is 4.79 Å². The molecule has 2 aliphatic carbocycles. The Balaban J connectivity index is 2.07. The number of fused-ring (bicyclic) bond motifs is 2. The van der Waals surface area contributed by atoms with Crippen LogP contribution >= 0.6 is 0 Å². The molecule has 2 rings (SSSR count). The minimum atomic E-state index is -0.489. The molecule has 0 aliphatic heterocycles. The van der Waals surface area contributed by atoms with Crippen molar-refractivity contribution in [3.05, 3.63) is 23.8 Å². The third kappa shape index (κ3) is 2.01. The third-order valence-electron chi connectivity index (χ3n) is 3.33. The number of nitriles is 1. The maximum atomic E-state index is 11.4. The Bertz CT molecular complexity index is 389. The van der Waals surface area contributed by atoms with Crippen LogP contribution in [-0.4, -0.2) is 12.6 Å². The van der Waals surface area contributed by atoms with Gasteiger partial charge in [0.1, 0.15) is 11.6 Å². The van der Waals surface area contributed by atoms with Gasteiger partial charge in [-0.3, -0.25) is 0 Å². The van der Waals surface area contributed by atoms with Crippen LogP contribution in [0.2, 0.25) is 0 Å². The van der Waals surface area contributed by atoms with E-state index in [0.29, 0.717) is 24.4 Å². The van der Waals surface area contributed by atoms with Crippen molar-refractivity contribution in [3.8, 4) is 6.07 Å². The summed E-state index contributed by atoms with van der Waals surface area (Å²) in [6.45, 7) is 2.06. The smallest absolute Gasteiger partial charge is 0.348 e. The lowest BCUT2D eigenvalue weighted by Gasteiger charge is -2.13. The second-order valence-electron chi connectivity index (χ2n) is 4.36. The molecule has 1 fully saturated rings. The van der Waals surface area contributed by atoms with E-state index in [-0.39, 0.29) is 5.57 Å². The predicted octanol–water partition coefficient (Wildman–Crippen LogP) is 2.21. The Morgan fingerprint density at radius 2 is 2.38 bits per heavy atom. The molecular formula is C13H15NO2. The Morgan fingerprint density at radius 3 is 2.88 bits per heavy atom. The van der Waals surface area contributed by atoms with Gasteiger partial charge in [-0.05, 0) is 37.5 Å². The van der Waals surface area contributed by atoms with Crippen molar-refractivity contribution < 1.29 is 9.53 Å². The standard InChI is InChI=1S/C13H15NO2/c1-2-16-13(15)12(8-14)7-11-6-9-3-4-10(11)5-9/h3-4,7,9-11H,2,5-6H2,1H3/b12-7+. The summed E-state index contributed by atoms with van der Waals surface area (Å²) in [6.07, 6.45) is 8.47. The molecule has 3 unspecified atom stereocenters. The molecule has 1 saturated carbocycles. The fourth-order valence-electron chi connectivity index (χ4n) is 2.59. The molecule has 0 spiro atoms. The van der Waals surface area contributed by atoms with Crippen LogP contribution in [0.1, 0.15) is 19.8 Å². The highest BCUT2D eigenvalue weighted by Crippen LogP contribution is 2.44. The van der Waals surface area contributed by atoms with Gasteiger partial charge in [0, 0.05) is 0 Å². The number of carbonyl (C=O) groups is 1.